The van der Waals surface area contributed by atoms with Crippen molar-refractivity contribution in [1.82, 2.24) is 4.98 Å². The van der Waals surface area contributed by atoms with Crippen LogP contribution in [0.25, 0.3) is 0 Å². The molecule has 2 aromatic rings. The van der Waals surface area contributed by atoms with E-state index in [0.717, 1.165) is 48.1 Å². The molecule has 6 nitrogen and oxygen atoms in total. The molecular weight excluding hydrogens is 411 g/mol. The number of aromatic nitrogens is 1. The Labute approximate surface area is 185 Å². The molecule has 1 aliphatic carbocycles. The van der Waals surface area contributed by atoms with E-state index in [-0.39, 0.29) is 12.0 Å². The Bertz CT molecular complexity index is 941. The van der Waals surface area contributed by atoms with Crippen LogP contribution in [0, 0.1) is 0 Å². The number of fused-ring (bicyclic) bond motifs is 1. The molecule has 2 unspecified atom stereocenters. The first kappa shape index (κ1) is 23.6. The van der Waals surface area contributed by atoms with Gasteiger partial charge in [-0.1, -0.05) is 27.7 Å². The third-order valence-corrected chi connectivity index (χ3v) is 8.01. The summed E-state index contributed by atoms with van der Waals surface area (Å²) in [6, 6.07) is 5.57. The van der Waals surface area contributed by atoms with Crippen molar-refractivity contribution in [3.63, 3.8) is 0 Å². The highest BCUT2D eigenvalue weighted by atomic mass is 31.2. The van der Waals surface area contributed by atoms with Crippen molar-refractivity contribution >= 4 is 13.3 Å². The van der Waals surface area contributed by atoms with Crippen LogP contribution in [-0.2, 0) is 27.3 Å². The van der Waals surface area contributed by atoms with Gasteiger partial charge in [0.15, 0.2) is 0 Å². The average molecular weight is 447 g/mol. The fourth-order valence-corrected chi connectivity index (χ4v) is 5.99. The summed E-state index contributed by atoms with van der Waals surface area (Å²) in [6.07, 6.45) is 7.57. The number of pyridine rings is 1. The maximum Gasteiger partial charge on any atom is 0.401 e. The van der Waals surface area contributed by atoms with Gasteiger partial charge in [0.1, 0.15) is 17.3 Å². The van der Waals surface area contributed by atoms with Gasteiger partial charge >= 0.3 is 7.60 Å². The standard InChI is InChI=1S/C24H35N2O4P/c1-6-22(26-17-11-10-14-25-16-17)31(28,29-7-2)30-21-15-20(24(3,4)5)23(27)19-13-9-8-12-18(19)21/h10-11,14-16,22,26-27H,6-9,12-13H2,1-5H3. The van der Waals surface area contributed by atoms with Crippen LogP contribution in [-0.4, -0.2) is 22.5 Å². The molecule has 1 aliphatic rings. The van der Waals surface area contributed by atoms with Crippen LogP contribution in [0.5, 0.6) is 11.5 Å². The summed E-state index contributed by atoms with van der Waals surface area (Å²) in [4.78, 5) is 4.13. The molecule has 31 heavy (non-hydrogen) atoms. The van der Waals surface area contributed by atoms with Crippen molar-refractivity contribution in [2.24, 2.45) is 0 Å². The van der Waals surface area contributed by atoms with Crippen molar-refractivity contribution in [3.05, 3.63) is 47.3 Å². The Kier molecular flexibility index (Phi) is 7.33. The van der Waals surface area contributed by atoms with E-state index in [2.05, 4.69) is 31.1 Å². The Hall–Kier alpha value is -2.04. The summed E-state index contributed by atoms with van der Waals surface area (Å²) >= 11 is 0. The summed E-state index contributed by atoms with van der Waals surface area (Å²) in [5.41, 5.74) is 3.17. The number of anilines is 1. The molecule has 0 aliphatic heterocycles. The van der Waals surface area contributed by atoms with Gasteiger partial charge in [0.2, 0.25) is 0 Å². The van der Waals surface area contributed by atoms with Crippen molar-refractivity contribution in [3.8, 4) is 11.5 Å². The molecule has 170 valence electrons. The van der Waals surface area contributed by atoms with Crippen LogP contribution in [0.1, 0.15) is 70.6 Å². The molecule has 0 amide bonds. The molecule has 0 spiro atoms. The molecule has 1 heterocycles. The fraction of sp³-hybridized carbons (Fsp3) is 0.542. The predicted molar refractivity (Wildman–Crippen MR) is 125 cm³/mol. The molecular formula is C24H35N2O4P. The smallest absolute Gasteiger partial charge is 0.401 e. The summed E-state index contributed by atoms with van der Waals surface area (Å²) in [6.45, 7) is 10.2. The van der Waals surface area contributed by atoms with Crippen molar-refractivity contribution in [2.45, 2.75) is 77.9 Å². The summed E-state index contributed by atoms with van der Waals surface area (Å²) < 4.78 is 26.1. The maximum atomic E-state index is 14.1. The lowest BCUT2D eigenvalue weighted by atomic mass is 9.80. The number of aromatic hydroxyl groups is 1. The highest BCUT2D eigenvalue weighted by Gasteiger charge is 2.38. The lowest BCUT2D eigenvalue weighted by Gasteiger charge is -2.31. The summed E-state index contributed by atoms with van der Waals surface area (Å²) in [7, 11) is -3.57. The second kappa shape index (κ2) is 9.62. The third kappa shape index (κ3) is 5.24. The van der Waals surface area contributed by atoms with E-state index in [1.54, 1.807) is 12.4 Å². The van der Waals surface area contributed by atoms with E-state index in [4.69, 9.17) is 9.05 Å². The van der Waals surface area contributed by atoms with E-state index < -0.39 is 13.4 Å². The molecule has 7 heteroatoms. The Morgan fingerprint density at radius 3 is 2.52 bits per heavy atom. The van der Waals surface area contributed by atoms with Crippen molar-refractivity contribution < 1.29 is 18.7 Å². The van der Waals surface area contributed by atoms with Crippen LogP contribution >= 0.6 is 7.60 Å². The molecule has 2 atom stereocenters. The SMILES string of the molecule is CCOP(=O)(Oc1cc(C(C)(C)C)c(O)c2c1CCCC2)C(CC)Nc1cccnc1. The Morgan fingerprint density at radius 1 is 1.23 bits per heavy atom. The lowest BCUT2D eigenvalue weighted by molar-refractivity contribution is 0.270. The van der Waals surface area contributed by atoms with Gasteiger partial charge in [-0.15, -0.1) is 0 Å². The highest BCUT2D eigenvalue weighted by Crippen LogP contribution is 2.56. The first-order valence-electron chi connectivity index (χ1n) is 11.2. The summed E-state index contributed by atoms with van der Waals surface area (Å²) in [5.74, 6) is 0.393. The molecule has 1 aromatic heterocycles. The molecule has 0 fully saturated rings. The first-order valence-corrected chi connectivity index (χ1v) is 12.8. The lowest BCUT2D eigenvalue weighted by Crippen LogP contribution is -2.24. The fourth-order valence-electron chi connectivity index (χ4n) is 4.08. The van der Waals surface area contributed by atoms with Gasteiger partial charge in [0, 0.05) is 29.1 Å². The van der Waals surface area contributed by atoms with Gasteiger partial charge in [-0.25, -0.2) is 4.57 Å². The molecule has 1 aromatic carbocycles. The summed E-state index contributed by atoms with van der Waals surface area (Å²) in [5, 5.41) is 14.3. The number of benzene rings is 1. The van der Waals surface area contributed by atoms with Crippen LogP contribution in [0.3, 0.4) is 0 Å². The van der Waals surface area contributed by atoms with E-state index in [1.807, 2.05) is 32.0 Å². The highest BCUT2D eigenvalue weighted by molar-refractivity contribution is 7.55. The first-order chi connectivity index (χ1) is 14.7. The molecule has 0 bridgehead atoms. The Balaban J connectivity index is 2.04. The van der Waals surface area contributed by atoms with Crippen LogP contribution in [0.2, 0.25) is 0 Å². The molecule has 3 rings (SSSR count). The van der Waals surface area contributed by atoms with E-state index >= 15 is 0 Å². The molecule has 0 saturated heterocycles. The predicted octanol–water partition coefficient (Wildman–Crippen LogP) is 6.42. The van der Waals surface area contributed by atoms with Gasteiger partial charge in [-0.3, -0.25) is 9.51 Å². The third-order valence-electron chi connectivity index (χ3n) is 5.69. The number of rotatable bonds is 8. The second-order valence-electron chi connectivity index (χ2n) is 9.04. The van der Waals surface area contributed by atoms with E-state index in [9.17, 15) is 9.67 Å². The number of phenols is 1. The minimum atomic E-state index is -3.57. The Morgan fingerprint density at radius 2 is 1.94 bits per heavy atom. The number of hydrogen-bond donors (Lipinski definition) is 2. The van der Waals surface area contributed by atoms with Gasteiger partial charge in [0.25, 0.3) is 0 Å². The zero-order valence-corrected chi connectivity index (χ0v) is 20.2. The van der Waals surface area contributed by atoms with Crippen LogP contribution < -0.4 is 9.84 Å². The molecule has 0 radical (unpaired) electrons. The largest absolute Gasteiger partial charge is 0.507 e. The van der Waals surface area contributed by atoms with E-state index in [0.29, 0.717) is 17.9 Å². The van der Waals surface area contributed by atoms with Crippen LogP contribution in [0.15, 0.2) is 30.6 Å². The van der Waals surface area contributed by atoms with Crippen molar-refractivity contribution in [2.75, 3.05) is 11.9 Å². The zero-order chi connectivity index (χ0) is 22.6. The monoisotopic (exact) mass is 446 g/mol. The number of nitrogens with zero attached hydrogens (tertiary/aromatic N) is 1. The second-order valence-corrected chi connectivity index (χ2v) is 11.2. The maximum absolute atomic E-state index is 14.1. The van der Waals surface area contributed by atoms with Gasteiger partial charge in [0.05, 0.1) is 12.3 Å². The molecule has 2 N–H and O–H groups in total. The normalized spacial score (nSPS) is 16.8. The topological polar surface area (TPSA) is 80.7 Å². The average Bonchev–Trinajstić information content (AvgIpc) is 2.74. The van der Waals surface area contributed by atoms with Gasteiger partial charge in [-0.2, -0.15) is 0 Å². The van der Waals surface area contributed by atoms with Crippen molar-refractivity contribution in [1.29, 1.82) is 0 Å². The van der Waals surface area contributed by atoms with Gasteiger partial charge < -0.3 is 14.9 Å². The number of hydrogen-bond acceptors (Lipinski definition) is 6. The van der Waals surface area contributed by atoms with Crippen LogP contribution in [0.4, 0.5) is 5.69 Å². The minimum absolute atomic E-state index is 0.273. The number of nitrogens with one attached hydrogen (secondary N) is 1. The minimum Gasteiger partial charge on any atom is -0.507 e. The molecule has 0 saturated carbocycles. The zero-order valence-electron chi connectivity index (χ0n) is 19.3. The number of phenolic OH excluding ortho intramolecular Hbond substituents is 1. The van der Waals surface area contributed by atoms with Gasteiger partial charge in [-0.05, 0) is 62.6 Å². The quantitative estimate of drug-likeness (QED) is 0.456. The van der Waals surface area contributed by atoms with E-state index in [1.165, 1.54) is 0 Å².